The SMILES string of the molecule is [2H]c1c([2H])c([2H])c(-c2ccc(-n3c(-c4cc(C(C)(C)C)cc(C(C)(C)C)c4O)nc4c(-c5cc(-c6cc(-c7c(C)cccc7C)ccn6)cc(C(C)(C)C)c5)cccc43)cc2)c([2H])c1[2H]. The van der Waals surface area contributed by atoms with Crippen LogP contribution in [-0.4, -0.2) is 19.6 Å². The predicted octanol–water partition coefficient (Wildman–Crippen LogP) is 15.0. The fourth-order valence-corrected chi connectivity index (χ4v) is 8.13. The van der Waals surface area contributed by atoms with Crippen molar-refractivity contribution in [1.29, 1.82) is 0 Å². The lowest BCUT2D eigenvalue weighted by atomic mass is 9.79. The summed E-state index contributed by atoms with van der Waals surface area (Å²) < 4.78 is 44.1. The molecular formula is C56H57N3O. The molecule has 0 aliphatic rings. The van der Waals surface area contributed by atoms with E-state index in [9.17, 15) is 5.11 Å². The van der Waals surface area contributed by atoms with Gasteiger partial charge in [0.1, 0.15) is 11.6 Å². The highest BCUT2D eigenvalue weighted by Gasteiger charge is 2.29. The molecule has 0 spiro atoms. The number of benzene rings is 6. The summed E-state index contributed by atoms with van der Waals surface area (Å²) >= 11 is 0. The third kappa shape index (κ3) is 7.68. The summed E-state index contributed by atoms with van der Waals surface area (Å²) in [4.78, 5) is 10.4. The lowest BCUT2D eigenvalue weighted by Crippen LogP contribution is -2.17. The maximum absolute atomic E-state index is 12.4. The van der Waals surface area contributed by atoms with Gasteiger partial charge in [-0.15, -0.1) is 0 Å². The van der Waals surface area contributed by atoms with Crippen LogP contribution < -0.4 is 0 Å². The summed E-state index contributed by atoms with van der Waals surface area (Å²) in [5.41, 5.74) is 14.2. The number of aromatic hydroxyl groups is 1. The third-order valence-corrected chi connectivity index (χ3v) is 11.6. The summed E-state index contributed by atoms with van der Waals surface area (Å²) in [5, 5.41) is 12.4. The summed E-state index contributed by atoms with van der Waals surface area (Å²) in [6.07, 6.45) is 1.89. The van der Waals surface area contributed by atoms with Gasteiger partial charge in [-0.25, -0.2) is 4.98 Å². The Morgan fingerprint density at radius 3 is 1.85 bits per heavy atom. The number of nitrogens with zero attached hydrogens (tertiary/aromatic N) is 3. The summed E-state index contributed by atoms with van der Waals surface area (Å²) in [6.45, 7) is 23.7. The molecule has 6 aromatic carbocycles. The minimum Gasteiger partial charge on any atom is -0.507 e. The van der Waals surface area contributed by atoms with Gasteiger partial charge < -0.3 is 5.11 Å². The Labute approximate surface area is 363 Å². The largest absolute Gasteiger partial charge is 0.507 e. The number of imidazole rings is 1. The Morgan fingerprint density at radius 1 is 0.567 bits per heavy atom. The van der Waals surface area contributed by atoms with Crippen LogP contribution in [0, 0.1) is 13.8 Å². The van der Waals surface area contributed by atoms with Crippen molar-refractivity contribution < 1.29 is 12.0 Å². The van der Waals surface area contributed by atoms with E-state index in [4.69, 9.17) is 16.8 Å². The van der Waals surface area contributed by atoms with Crippen LogP contribution in [0.5, 0.6) is 5.75 Å². The molecule has 2 aromatic heterocycles. The van der Waals surface area contributed by atoms with Crippen molar-refractivity contribution in [2.75, 3.05) is 0 Å². The first-order chi connectivity index (χ1) is 30.4. The van der Waals surface area contributed by atoms with Gasteiger partial charge >= 0.3 is 0 Å². The molecule has 4 heteroatoms. The minimum atomic E-state index is -0.431. The van der Waals surface area contributed by atoms with E-state index in [1.54, 1.807) is 12.1 Å². The molecule has 0 saturated carbocycles. The van der Waals surface area contributed by atoms with Crippen LogP contribution in [0.2, 0.25) is 0 Å². The van der Waals surface area contributed by atoms with Crippen LogP contribution in [0.1, 0.15) is 97.0 Å². The third-order valence-electron chi connectivity index (χ3n) is 11.6. The monoisotopic (exact) mass is 792 g/mol. The van der Waals surface area contributed by atoms with Crippen molar-refractivity contribution in [2.45, 2.75) is 92.4 Å². The molecule has 0 bridgehead atoms. The molecule has 60 heavy (non-hydrogen) atoms. The Hall–Kier alpha value is -6.26. The number of rotatable bonds is 6. The number of phenolic OH excluding ortho intramolecular Hbond substituents is 1. The average molecular weight is 793 g/mol. The molecule has 2 heterocycles. The van der Waals surface area contributed by atoms with E-state index in [1.165, 1.54) is 16.7 Å². The molecule has 8 aromatic rings. The molecule has 0 saturated heterocycles. The standard InChI is InChI=1S/C56H57N3O/c1-35-17-15-18-36(2)50(35)39-27-28-57-48(32-39)41-29-40(30-42(31-41)54(3,4)5)45-21-16-22-49-51(45)58-53(46-33-43(55(6,7)8)34-47(52(46)60)56(9,10)11)59(49)44-25-23-38(24-26-44)37-19-13-12-14-20-37/h12-34,60H,1-11H3/i12D,13D,14D,19D,20D. The van der Waals surface area contributed by atoms with Gasteiger partial charge in [-0.3, -0.25) is 9.55 Å². The Balaban J connectivity index is 1.40. The lowest BCUT2D eigenvalue weighted by molar-refractivity contribution is 0.446. The second-order valence-corrected chi connectivity index (χ2v) is 19.2. The molecular weight excluding hydrogens is 731 g/mol. The van der Waals surface area contributed by atoms with Gasteiger partial charge in [0.2, 0.25) is 0 Å². The van der Waals surface area contributed by atoms with Crippen molar-refractivity contribution in [3.63, 3.8) is 0 Å². The molecule has 0 radical (unpaired) electrons. The van der Waals surface area contributed by atoms with Gasteiger partial charge in [0.05, 0.1) is 29.1 Å². The normalized spacial score (nSPS) is 13.5. The maximum Gasteiger partial charge on any atom is 0.149 e. The quantitative estimate of drug-likeness (QED) is 0.182. The Morgan fingerprint density at radius 2 is 1.20 bits per heavy atom. The molecule has 0 aliphatic heterocycles. The highest BCUT2D eigenvalue weighted by molar-refractivity contribution is 5.97. The highest BCUT2D eigenvalue weighted by Crippen LogP contribution is 2.45. The van der Waals surface area contributed by atoms with E-state index in [1.807, 2.05) is 30.5 Å². The zero-order chi connectivity index (χ0) is 47.1. The van der Waals surface area contributed by atoms with Crippen LogP contribution >= 0.6 is 0 Å². The van der Waals surface area contributed by atoms with Gasteiger partial charge in [0, 0.05) is 28.6 Å². The number of aryl methyl sites for hydroxylation is 2. The first kappa shape index (κ1) is 34.6. The van der Waals surface area contributed by atoms with Gasteiger partial charge in [0.15, 0.2) is 0 Å². The zero-order valence-electron chi connectivity index (χ0n) is 41.7. The van der Waals surface area contributed by atoms with Crippen molar-refractivity contribution in [3.05, 3.63) is 167 Å². The Kier molecular flexibility index (Phi) is 8.70. The van der Waals surface area contributed by atoms with Crippen LogP contribution in [0.3, 0.4) is 0 Å². The van der Waals surface area contributed by atoms with Crippen LogP contribution in [0.15, 0.2) is 140 Å². The van der Waals surface area contributed by atoms with Crippen molar-refractivity contribution >= 4 is 11.0 Å². The first-order valence-electron chi connectivity index (χ1n) is 23.2. The van der Waals surface area contributed by atoms with Crippen LogP contribution in [0.25, 0.3) is 72.7 Å². The fourth-order valence-electron chi connectivity index (χ4n) is 8.13. The molecule has 0 fully saturated rings. The average Bonchev–Trinajstić information content (AvgIpc) is 3.64. The number of pyridine rings is 1. The summed E-state index contributed by atoms with van der Waals surface area (Å²) in [7, 11) is 0. The van der Waals surface area contributed by atoms with Crippen LogP contribution in [0.4, 0.5) is 0 Å². The smallest absolute Gasteiger partial charge is 0.149 e. The summed E-state index contributed by atoms with van der Waals surface area (Å²) in [6, 6.07) is 33.3. The highest BCUT2D eigenvalue weighted by atomic mass is 16.3. The molecule has 0 amide bonds. The van der Waals surface area contributed by atoms with E-state index in [0.717, 1.165) is 61.4 Å². The number of hydrogen-bond acceptors (Lipinski definition) is 3. The van der Waals surface area contributed by atoms with E-state index in [0.29, 0.717) is 17.0 Å². The molecule has 0 atom stereocenters. The summed E-state index contributed by atoms with van der Waals surface area (Å²) in [5.74, 6) is 0.707. The van der Waals surface area contributed by atoms with Crippen molar-refractivity contribution in [1.82, 2.24) is 14.5 Å². The number of fused-ring (bicyclic) bond motifs is 1. The van der Waals surface area contributed by atoms with Gasteiger partial charge in [0.25, 0.3) is 0 Å². The predicted molar refractivity (Wildman–Crippen MR) is 253 cm³/mol. The first-order valence-corrected chi connectivity index (χ1v) is 20.7. The zero-order valence-corrected chi connectivity index (χ0v) is 36.7. The van der Waals surface area contributed by atoms with E-state index >= 15 is 0 Å². The molecule has 1 N–H and O–H groups in total. The van der Waals surface area contributed by atoms with E-state index in [2.05, 4.69) is 147 Å². The second-order valence-electron chi connectivity index (χ2n) is 19.2. The van der Waals surface area contributed by atoms with Crippen LogP contribution in [-0.2, 0) is 16.2 Å². The molecule has 8 rings (SSSR count). The number of aromatic nitrogens is 3. The lowest BCUT2D eigenvalue weighted by Gasteiger charge is -2.27. The van der Waals surface area contributed by atoms with Crippen molar-refractivity contribution in [2.24, 2.45) is 0 Å². The van der Waals surface area contributed by atoms with Gasteiger partial charge in [-0.1, -0.05) is 147 Å². The maximum atomic E-state index is 12.4. The molecule has 302 valence electrons. The van der Waals surface area contributed by atoms with E-state index in [-0.39, 0.29) is 51.7 Å². The Bertz CT molecular complexity index is 3130. The molecule has 0 aliphatic carbocycles. The molecule has 4 nitrogen and oxygen atoms in total. The fraction of sp³-hybridized carbons (Fsp3) is 0.250. The minimum absolute atomic E-state index is 0.134. The number of para-hydroxylation sites is 1. The number of hydrogen-bond donors (Lipinski definition) is 1. The van der Waals surface area contributed by atoms with E-state index < -0.39 is 6.04 Å². The van der Waals surface area contributed by atoms with Gasteiger partial charge in [-0.2, -0.15) is 0 Å². The topological polar surface area (TPSA) is 50.9 Å². The van der Waals surface area contributed by atoms with Crippen molar-refractivity contribution in [3.8, 4) is 67.5 Å². The number of phenols is 1. The van der Waals surface area contributed by atoms with Gasteiger partial charge in [-0.05, 0) is 129 Å². The molecule has 0 unspecified atom stereocenters. The second kappa shape index (κ2) is 15.1.